The van der Waals surface area contributed by atoms with Crippen LogP contribution in [0.1, 0.15) is 23.2 Å². The molecule has 4 N–H and O–H groups in total. The first kappa shape index (κ1) is 21.3. The number of halogens is 2. The van der Waals surface area contributed by atoms with E-state index in [1.807, 2.05) is 0 Å². The molecule has 0 aliphatic carbocycles. The summed E-state index contributed by atoms with van der Waals surface area (Å²) >= 11 is 6.13. The maximum atomic E-state index is 12.3. The number of amides is 2. The topological polar surface area (TPSA) is 103 Å². The van der Waals surface area contributed by atoms with Gasteiger partial charge in [0.15, 0.2) is 18.1 Å². The van der Waals surface area contributed by atoms with Gasteiger partial charge in [-0.3, -0.25) is 9.59 Å². The molecule has 9 heteroatoms. The molecular formula is C16H23Cl2N3O4. The molecular weight excluding hydrogens is 369 g/mol. The Labute approximate surface area is 158 Å². The molecule has 0 bridgehead atoms. The zero-order valence-electron chi connectivity index (χ0n) is 14.0. The highest BCUT2D eigenvalue weighted by Crippen LogP contribution is 2.36. The number of carbonyl (C=O) groups is 2. The van der Waals surface area contributed by atoms with Crippen LogP contribution in [-0.4, -0.2) is 45.2 Å². The number of carbonyl (C=O) groups excluding carboxylic acids is 2. The highest BCUT2D eigenvalue weighted by molar-refractivity contribution is 6.32. The van der Waals surface area contributed by atoms with Gasteiger partial charge in [0.1, 0.15) is 0 Å². The SMILES string of the molecule is COc1cc(C(=O)NCCC2CCNC2)cc(Cl)c1OCC(N)=O.Cl. The Kier molecular flexibility index (Phi) is 8.82. The normalized spacial score (nSPS) is 16.0. The maximum absolute atomic E-state index is 12.3. The van der Waals surface area contributed by atoms with Gasteiger partial charge in [0.2, 0.25) is 0 Å². The van der Waals surface area contributed by atoms with Crippen LogP contribution in [0.25, 0.3) is 0 Å². The van der Waals surface area contributed by atoms with Crippen LogP contribution in [0.2, 0.25) is 5.02 Å². The average molecular weight is 392 g/mol. The molecule has 1 aromatic rings. The number of benzene rings is 1. The number of ether oxygens (including phenoxy) is 2. The van der Waals surface area contributed by atoms with Crippen molar-refractivity contribution in [1.82, 2.24) is 10.6 Å². The van der Waals surface area contributed by atoms with Crippen LogP contribution in [0, 0.1) is 5.92 Å². The summed E-state index contributed by atoms with van der Waals surface area (Å²) in [6, 6.07) is 3.00. The van der Waals surface area contributed by atoms with Gasteiger partial charge in [0.25, 0.3) is 11.8 Å². The van der Waals surface area contributed by atoms with E-state index >= 15 is 0 Å². The molecule has 1 saturated heterocycles. The fourth-order valence-electron chi connectivity index (χ4n) is 2.59. The second-order valence-corrected chi connectivity index (χ2v) is 6.06. The smallest absolute Gasteiger partial charge is 0.255 e. The number of rotatable bonds is 8. The summed E-state index contributed by atoms with van der Waals surface area (Å²) in [6.45, 7) is 2.32. The minimum atomic E-state index is -0.628. The van der Waals surface area contributed by atoms with E-state index in [2.05, 4.69) is 10.6 Å². The molecule has 1 fully saturated rings. The van der Waals surface area contributed by atoms with E-state index in [4.69, 9.17) is 26.8 Å². The van der Waals surface area contributed by atoms with Crippen molar-refractivity contribution in [3.05, 3.63) is 22.7 Å². The van der Waals surface area contributed by atoms with E-state index in [1.54, 1.807) is 0 Å². The quantitative estimate of drug-likeness (QED) is 0.620. The monoisotopic (exact) mass is 391 g/mol. The van der Waals surface area contributed by atoms with Gasteiger partial charge in [-0.25, -0.2) is 0 Å². The van der Waals surface area contributed by atoms with E-state index in [1.165, 1.54) is 19.2 Å². The Morgan fingerprint density at radius 2 is 2.20 bits per heavy atom. The highest BCUT2D eigenvalue weighted by atomic mass is 35.5. The van der Waals surface area contributed by atoms with Crippen molar-refractivity contribution in [3.63, 3.8) is 0 Å². The first-order valence-corrected chi connectivity index (χ1v) is 8.16. The van der Waals surface area contributed by atoms with Crippen LogP contribution in [0.15, 0.2) is 12.1 Å². The molecule has 25 heavy (non-hydrogen) atoms. The molecule has 0 spiro atoms. The van der Waals surface area contributed by atoms with Crippen molar-refractivity contribution < 1.29 is 19.1 Å². The Balaban J connectivity index is 0.00000312. The van der Waals surface area contributed by atoms with Gasteiger partial charge in [-0.1, -0.05) is 11.6 Å². The zero-order valence-corrected chi connectivity index (χ0v) is 15.5. The summed E-state index contributed by atoms with van der Waals surface area (Å²) in [7, 11) is 1.43. The highest BCUT2D eigenvalue weighted by Gasteiger charge is 2.18. The lowest BCUT2D eigenvalue weighted by Gasteiger charge is -2.14. The first-order valence-electron chi connectivity index (χ1n) is 7.78. The summed E-state index contributed by atoms with van der Waals surface area (Å²) < 4.78 is 10.4. The molecule has 1 aromatic carbocycles. The van der Waals surface area contributed by atoms with Crippen LogP contribution >= 0.6 is 24.0 Å². The lowest BCUT2D eigenvalue weighted by atomic mass is 10.1. The average Bonchev–Trinajstić information content (AvgIpc) is 3.06. The van der Waals surface area contributed by atoms with E-state index in [0.717, 1.165) is 25.9 Å². The first-order chi connectivity index (χ1) is 11.5. The minimum absolute atomic E-state index is 0. The molecule has 140 valence electrons. The Morgan fingerprint density at radius 1 is 1.44 bits per heavy atom. The van der Waals surface area contributed by atoms with Gasteiger partial charge >= 0.3 is 0 Å². The standard InChI is InChI=1S/C16H22ClN3O4.ClH/c1-23-13-7-11(6-12(17)15(13)24-9-14(18)21)16(22)20-5-3-10-2-4-19-8-10;/h6-7,10,19H,2-5,8-9H2,1H3,(H2,18,21)(H,20,22);1H. The Bertz CT molecular complexity index is 607. The molecule has 0 aromatic heterocycles. The predicted octanol–water partition coefficient (Wildman–Crippen LogP) is 1.36. The fourth-order valence-corrected chi connectivity index (χ4v) is 2.85. The van der Waals surface area contributed by atoms with Gasteiger partial charge in [-0.2, -0.15) is 0 Å². The van der Waals surface area contributed by atoms with Crippen molar-refractivity contribution in [2.45, 2.75) is 12.8 Å². The second kappa shape index (κ2) is 10.3. The molecule has 7 nitrogen and oxygen atoms in total. The van der Waals surface area contributed by atoms with Gasteiger partial charge in [-0.05, 0) is 44.0 Å². The fraction of sp³-hybridized carbons (Fsp3) is 0.500. The number of hydrogen-bond acceptors (Lipinski definition) is 5. The van der Waals surface area contributed by atoms with Crippen LogP contribution in [0.4, 0.5) is 0 Å². The molecule has 1 atom stereocenters. The van der Waals surface area contributed by atoms with Crippen molar-refractivity contribution >= 4 is 35.8 Å². The lowest BCUT2D eigenvalue weighted by molar-refractivity contribution is -0.119. The summed E-state index contributed by atoms with van der Waals surface area (Å²) in [5.74, 6) is 0.201. The Hall–Kier alpha value is -1.70. The van der Waals surface area contributed by atoms with Crippen molar-refractivity contribution in [3.8, 4) is 11.5 Å². The number of nitrogens with two attached hydrogens (primary N) is 1. The second-order valence-electron chi connectivity index (χ2n) is 5.65. The summed E-state index contributed by atoms with van der Waals surface area (Å²) in [5.41, 5.74) is 5.42. The van der Waals surface area contributed by atoms with Crippen molar-refractivity contribution in [2.75, 3.05) is 33.4 Å². The van der Waals surface area contributed by atoms with Crippen LogP contribution < -0.4 is 25.8 Å². The van der Waals surface area contributed by atoms with Crippen LogP contribution in [0.5, 0.6) is 11.5 Å². The minimum Gasteiger partial charge on any atom is -0.493 e. The van der Waals surface area contributed by atoms with Gasteiger partial charge in [-0.15, -0.1) is 12.4 Å². The number of methoxy groups -OCH3 is 1. The van der Waals surface area contributed by atoms with E-state index in [9.17, 15) is 9.59 Å². The van der Waals surface area contributed by atoms with E-state index < -0.39 is 5.91 Å². The van der Waals surface area contributed by atoms with Gasteiger partial charge < -0.3 is 25.8 Å². The molecule has 0 saturated carbocycles. The zero-order chi connectivity index (χ0) is 17.5. The van der Waals surface area contributed by atoms with Gasteiger partial charge in [0.05, 0.1) is 12.1 Å². The third-order valence-corrected chi connectivity index (χ3v) is 4.13. The van der Waals surface area contributed by atoms with Crippen molar-refractivity contribution in [2.24, 2.45) is 11.7 Å². The molecule has 1 aliphatic rings. The maximum Gasteiger partial charge on any atom is 0.255 e. The Morgan fingerprint density at radius 3 is 2.80 bits per heavy atom. The third-order valence-electron chi connectivity index (χ3n) is 3.85. The van der Waals surface area contributed by atoms with Crippen LogP contribution in [-0.2, 0) is 4.79 Å². The van der Waals surface area contributed by atoms with E-state index in [0.29, 0.717) is 18.0 Å². The third kappa shape index (κ3) is 6.26. The lowest BCUT2D eigenvalue weighted by Crippen LogP contribution is -2.26. The van der Waals surface area contributed by atoms with E-state index in [-0.39, 0.29) is 41.4 Å². The summed E-state index contributed by atoms with van der Waals surface area (Å²) in [5, 5.41) is 6.36. The molecule has 1 aliphatic heterocycles. The molecule has 0 radical (unpaired) electrons. The molecule has 1 heterocycles. The van der Waals surface area contributed by atoms with Crippen molar-refractivity contribution in [1.29, 1.82) is 0 Å². The molecule has 2 rings (SSSR count). The largest absolute Gasteiger partial charge is 0.493 e. The van der Waals surface area contributed by atoms with Crippen LogP contribution in [0.3, 0.4) is 0 Å². The predicted molar refractivity (Wildman–Crippen MR) is 97.9 cm³/mol. The molecule has 2 amide bonds. The molecule has 1 unspecified atom stereocenters. The summed E-state index contributed by atoms with van der Waals surface area (Å²) in [4.78, 5) is 23.1. The summed E-state index contributed by atoms with van der Waals surface area (Å²) in [6.07, 6.45) is 2.07. The number of primary amides is 1. The van der Waals surface area contributed by atoms with Gasteiger partial charge in [0, 0.05) is 12.1 Å². The number of nitrogens with one attached hydrogen (secondary N) is 2. The number of hydrogen-bond donors (Lipinski definition) is 3.